The van der Waals surface area contributed by atoms with Gasteiger partial charge in [-0.2, -0.15) is 0 Å². The number of rotatable bonds is 4. The summed E-state index contributed by atoms with van der Waals surface area (Å²) in [7, 11) is 0. The number of carbonyl (C=O) groups excluding carboxylic acids is 1. The molecule has 0 aliphatic carbocycles. The van der Waals surface area contributed by atoms with Crippen molar-refractivity contribution in [3.8, 4) is 0 Å². The number of β-amino-alcohol motifs (C(OH)–C–C–N with tert-alkyl or cyclic N) is 2. The van der Waals surface area contributed by atoms with E-state index < -0.39 is 12.2 Å². The van der Waals surface area contributed by atoms with Crippen molar-refractivity contribution in [1.29, 1.82) is 0 Å². The van der Waals surface area contributed by atoms with E-state index in [0.717, 1.165) is 6.42 Å². The van der Waals surface area contributed by atoms with Crippen molar-refractivity contribution >= 4 is 5.91 Å². The summed E-state index contributed by atoms with van der Waals surface area (Å²) in [5, 5.41) is 18.6. The lowest BCUT2D eigenvalue weighted by molar-refractivity contribution is -0.131. The van der Waals surface area contributed by atoms with E-state index in [-0.39, 0.29) is 19.0 Å². The second-order valence-corrected chi connectivity index (χ2v) is 4.31. The summed E-state index contributed by atoms with van der Waals surface area (Å²) in [6.45, 7) is 3.08. The van der Waals surface area contributed by atoms with Crippen LogP contribution in [0.5, 0.6) is 0 Å². The van der Waals surface area contributed by atoms with Crippen LogP contribution in [-0.2, 0) is 4.79 Å². The Balaban J connectivity index is 2.29. The number of hydrogen-bond donors (Lipinski definition) is 3. The van der Waals surface area contributed by atoms with Crippen LogP contribution in [0.4, 0.5) is 0 Å². The van der Waals surface area contributed by atoms with Gasteiger partial charge in [0.25, 0.3) is 0 Å². The number of likely N-dealkylation sites (tertiary alicyclic amines) is 1. The van der Waals surface area contributed by atoms with Gasteiger partial charge in [0.05, 0.1) is 12.2 Å². The van der Waals surface area contributed by atoms with Crippen LogP contribution in [0.3, 0.4) is 0 Å². The van der Waals surface area contributed by atoms with Gasteiger partial charge in [0.15, 0.2) is 0 Å². The first-order valence-corrected chi connectivity index (χ1v) is 5.38. The number of nitrogens with two attached hydrogens (primary N) is 1. The molecule has 1 aliphatic heterocycles. The van der Waals surface area contributed by atoms with E-state index in [9.17, 15) is 15.0 Å². The Morgan fingerprint density at radius 2 is 2.00 bits per heavy atom. The van der Waals surface area contributed by atoms with Crippen molar-refractivity contribution in [3.63, 3.8) is 0 Å². The molecule has 4 N–H and O–H groups in total. The Morgan fingerprint density at radius 3 is 2.47 bits per heavy atom. The Labute approximate surface area is 89.9 Å². The first-order valence-electron chi connectivity index (χ1n) is 5.38. The smallest absolute Gasteiger partial charge is 0.222 e. The van der Waals surface area contributed by atoms with Gasteiger partial charge in [-0.05, 0) is 18.9 Å². The maximum atomic E-state index is 11.6. The molecule has 0 saturated carbocycles. The van der Waals surface area contributed by atoms with Crippen molar-refractivity contribution in [2.24, 2.45) is 11.7 Å². The van der Waals surface area contributed by atoms with Crippen molar-refractivity contribution in [3.05, 3.63) is 0 Å². The van der Waals surface area contributed by atoms with Gasteiger partial charge in [0, 0.05) is 19.5 Å². The van der Waals surface area contributed by atoms with Gasteiger partial charge in [0.2, 0.25) is 5.91 Å². The lowest BCUT2D eigenvalue weighted by Gasteiger charge is -2.16. The monoisotopic (exact) mass is 216 g/mol. The Morgan fingerprint density at radius 1 is 1.47 bits per heavy atom. The van der Waals surface area contributed by atoms with Gasteiger partial charge in [0.1, 0.15) is 0 Å². The molecule has 1 heterocycles. The van der Waals surface area contributed by atoms with Crippen molar-refractivity contribution in [1.82, 2.24) is 4.90 Å². The third-order valence-corrected chi connectivity index (χ3v) is 2.87. The minimum absolute atomic E-state index is 0.00843. The van der Waals surface area contributed by atoms with Crippen LogP contribution in [0, 0.1) is 5.92 Å². The maximum absolute atomic E-state index is 11.6. The van der Waals surface area contributed by atoms with Crippen molar-refractivity contribution in [2.45, 2.75) is 32.0 Å². The third kappa shape index (κ3) is 3.44. The second kappa shape index (κ2) is 5.44. The molecule has 0 bridgehead atoms. The van der Waals surface area contributed by atoms with Crippen LogP contribution >= 0.6 is 0 Å². The van der Waals surface area contributed by atoms with Gasteiger partial charge in [-0.15, -0.1) is 0 Å². The molecule has 1 aliphatic rings. The Kier molecular flexibility index (Phi) is 4.50. The summed E-state index contributed by atoms with van der Waals surface area (Å²) >= 11 is 0. The highest BCUT2D eigenvalue weighted by Crippen LogP contribution is 2.13. The van der Waals surface area contributed by atoms with E-state index in [1.165, 1.54) is 4.90 Å². The minimum Gasteiger partial charge on any atom is -0.388 e. The minimum atomic E-state index is -0.791. The number of aliphatic hydroxyl groups excluding tert-OH is 2. The number of nitrogens with zero attached hydrogens (tertiary/aromatic N) is 1. The molecule has 0 aromatic rings. The lowest BCUT2D eigenvalue weighted by Crippen LogP contribution is -2.30. The van der Waals surface area contributed by atoms with E-state index in [1.807, 2.05) is 6.92 Å². The summed E-state index contributed by atoms with van der Waals surface area (Å²) in [6, 6.07) is 0. The zero-order valence-electron chi connectivity index (χ0n) is 9.09. The predicted molar refractivity (Wildman–Crippen MR) is 56.0 cm³/mol. The molecule has 1 rings (SSSR count). The molecule has 1 fully saturated rings. The Hall–Kier alpha value is -0.650. The molecule has 1 unspecified atom stereocenters. The molecule has 0 radical (unpaired) electrons. The van der Waals surface area contributed by atoms with Crippen molar-refractivity contribution in [2.75, 3.05) is 19.6 Å². The highest BCUT2D eigenvalue weighted by atomic mass is 16.3. The van der Waals surface area contributed by atoms with Crippen LogP contribution in [-0.4, -0.2) is 52.9 Å². The fourth-order valence-corrected chi connectivity index (χ4v) is 1.62. The summed E-state index contributed by atoms with van der Waals surface area (Å²) in [4.78, 5) is 13.1. The average molecular weight is 216 g/mol. The zero-order valence-corrected chi connectivity index (χ0v) is 9.09. The number of carbonyl (C=O) groups is 1. The molecular weight excluding hydrogens is 196 g/mol. The molecule has 88 valence electrons. The number of aliphatic hydroxyl groups is 2. The van der Waals surface area contributed by atoms with E-state index in [4.69, 9.17) is 5.73 Å². The molecule has 5 nitrogen and oxygen atoms in total. The normalized spacial score (nSPS) is 28.1. The van der Waals surface area contributed by atoms with E-state index in [2.05, 4.69) is 0 Å². The van der Waals surface area contributed by atoms with E-state index >= 15 is 0 Å². The van der Waals surface area contributed by atoms with Crippen LogP contribution in [0.25, 0.3) is 0 Å². The average Bonchev–Trinajstić information content (AvgIpc) is 2.55. The van der Waals surface area contributed by atoms with Gasteiger partial charge < -0.3 is 20.8 Å². The molecular formula is C10H20N2O3. The van der Waals surface area contributed by atoms with Gasteiger partial charge in [-0.1, -0.05) is 6.92 Å². The van der Waals surface area contributed by atoms with Crippen LogP contribution < -0.4 is 5.73 Å². The summed E-state index contributed by atoms with van der Waals surface area (Å²) in [5.41, 5.74) is 5.45. The molecule has 1 saturated heterocycles. The fraction of sp³-hybridized carbons (Fsp3) is 0.900. The quantitative estimate of drug-likeness (QED) is 0.558. The predicted octanol–water partition coefficient (Wildman–Crippen LogP) is -1.07. The molecule has 0 aromatic heterocycles. The van der Waals surface area contributed by atoms with Crippen LogP contribution in [0.2, 0.25) is 0 Å². The van der Waals surface area contributed by atoms with Crippen molar-refractivity contribution < 1.29 is 15.0 Å². The number of hydrogen-bond acceptors (Lipinski definition) is 4. The van der Waals surface area contributed by atoms with Gasteiger partial charge in [-0.3, -0.25) is 4.79 Å². The standard InChI is InChI=1S/C10H20N2O3/c1-7(4-11)2-3-10(15)12-5-8(13)9(14)6-12/h7-9,13-14H,2-6,11H2,1H3/t7?,8-,9+. The van der Waals surface area contributed by atoms with E-state index in [1.54, 1.807) is 0 Å². The largest absolute Gasteiger partial charge is 0.388 e. The lowest BCUT2D eigenvalue weighted by atomic mass is 10.1. The molecule has 15 heavy (non-hydrogen) atoms. The van der Waals surface area contributed by atoms with E-state index in [0.29, 0.717) is 18.9 Å². The summed E-state index contributed by atoms with van der Waals surface area (Å²) in [5.74, 6) is 0.331. The maximum Gasteiger partial charge on any atom is 0.222 e. The molecule has 0 spiro atoms. The number of amides is 1. The highest BCUT2D eigenvalue weighted by molar-refractivity contribution is 5.76. The van der Waals surface area contributed by atoms with Crippen LogP contribution in [0.1, 0.15) is 19.8 Å². The summed E-state index contributed by atoms with van der Waals surface area (Å²) in [6.07, 6.45) is -0.378. The Bertz CT molecular complexity index is 213. The second-order valence-electron chi connectivity index (χ2n) is 4.31. The highest BCUT2D eigenvalue weighted by Gasteiger charge is 2.32. The van der Waals surface area contributed by atoms with Gasteiger partial charge >= 0.3 is 0 Å². The molecule has 1 amide bonds. The van der Waals surface area contributed by atoms with Crippen LogP contribution in [0.15, 0.2) is 0 Å². The zero-order chi connectivity index (χ0) is 11.4. The first kappa shape index (κ1) is 12.4. The first-order chi connectivity index (χ1) is 7.04. The SMILES string of the molecule is CC(CN)CCC(=O)N1C[C@@H](O)[C@@H](O)C1. The molecule has 3 atom stereocenters. The third-order valence-electron chi connectivity index (χ3n) is 2.87. The topological polar surface area (TPSA) is 86.8 Å². The summed E-state index contributed by atoms with van der Waals surface area (Å²) < 4.78 is 0. The molecule has 5 heteroatoms. The molecule has 0 aromatic carbocycles. The fourth-order valence-electron chi connectivity index (χ4n) is 1.62. The van der Waals surface area contributed by atoms with Gasteiger partial charge in [-0.25, -0.2) is 0 Å².